The fraction of sp³-hybridized carbons (Fsp3) is 0.0952. The lowest BCUT2D eigenvalue weighted by Gasteiger charge is -2.10. The van der Waals surface area contributed by atoms with E-state index in [2.05, 4.69) is 25.5 Å². The van der Waals surface area contributed by atoms with Gasteiger partial charge in [-0.1, -0.05) is 0 Å². The molecule has 0 unspecified atom stereocenters. The van der Waals surface area contributed by atoms with Gasteiger partial charge in [-0.2, -0.15) is 9.49 Å². The fourth-order valence-corrected chi connectivity index (χ4v) is 3.66. The van der Waals surface area contributed by atoms with E-state index in [1.165, 1.54) is 12.1 Å². The number of fused-ring (bicyclic) bond motifs is 2. The van der Waals surface area contributed by atoms with Crippen molar-refractivity contribution in [1.82, 2.24) is 20.2 Å². The summed E-state index contributed by atoms with van der Waals surface area (Å²) in [5, 5.41) is 9.84. The van der Waals surface area contributed by atoms with Crippen LogP contribution in [0.3, 0.4) is 0 Å². The van der Waals surface area contributed by atoms with Gasteiger partial charge in [0.25, 0.3) is 5.91 Å². The molecule has 9 heteroatoms. The van der Waals surface area contributed by atoms with Crippen molar-refractivity contribution >= 4 is 33.4 Å². The lowest BCUT2D eigenvalue weighted by molar-refractivity contribution is 0.102. The second kappa shape index (κ2) is 6.51. The molecule has 0 fully saturated rings. The van der Waals surface area contributed by atoms with Gasteiger partial charge in [-0.15, -0.1) is 0 Å². The van der Waals surface area contributed by atoms with E-state index in [1.807, 2.05) is 6.07 Å². The maximum atomic E-state index is 14.4. The summed E-state index contributed by atoms with van der Waals surface area (Å²) in [4.78, 5) is 19.8. The molecule has 0 radical (unpaired) electrons. The van der Waals surface area contributed by atoms with Gasteiger partial charge in [-0.25, -0.2) is 9.37 Å². The summed E-state index contributed by atoms with van der Waals surface area (Å²) in [6, 6.07) is 7.82. The molecule has 3 aromatic heterocycles. The maximum Gasteiger partial charge on any atom is 0.277 e. The van der Waals surface area contributed by atoms with Gasteiger partial charge in [0.05, 0.1) is 16.6 Å². The second-order valence-corrected chi connectivity index (χ2v) is 6.94. The summed E-state index contributed by atoms with van der Waals surface area (Å²) in [6.07, 6.45) is 1.71. The molecule has 0 saturated carbocycles. The SMILES string of the molecule is Cc1nc(C(=O)Nc2cc(-c3cc(F)cc4[nH]ccc34)cc3n[nH]c(F)c23)c(C)o1. The zero-order valence-corrected chi connectivity index (χ0v) is 15.9. The number of oxazole rings is 1. The van der Waals surface area contributed by atoms with Crippen LogP contribution < -0.4 is 5.32 Å². The molecular formula is C21H15F2N5O2. The molecule has 0 aliphatic carbocycles. The summed E-state index contributed by atoms with van der Waals surface area (Å²) in [7, 11) is 0. The number of carbonyl (C=O) groups is 1. The summed E-state index contributed by atoms with van der Waals surface area (Å²) in [5.74, 6) is -0.960. The third-order valence-electron chi connectivity index (χ3n) is 4.92. The van der Waals surface area contributed by atoms with Crippen LogP contribution in [0.5, 0.6) is 0 Å². The highest BCUT2D eigenvalue weighted by molar-refractivity contribution is 6.10. The highest BCUT2D eigenvalue weighted by atomic mass is 19.1. The molecule has 0 atom stereocenters. The molecule has 0 aliphatic rings. The Hall–Kier alpha value is -4.01. The molecule has 0 bridgehead atoms. The zero-order valence-electron chi connectivity index (χ0n) is 15.9. The van der Waals surface area contributed by atoms with E-state index in [1.54, 1.807) is 32.2 Å². The minimum Gasteiger partial charge on any atom is -0.445 e. The van der Waals surface area contributed by atoms with Gasteiger partial charge >= 0.3 is 0 Å². The summed E-state index contributed by atoms with van der Waals surface area (Å²) in [6.45, 7) is 3.25. The number of hydrogen-bond acceptors (Lipinski definition) is 4. The fourth-order valence-electron chi connectivity index (χ4n) is 3.66. The summed E-state index contributed by atoms with van der Waals surface area (Å²) < 4.78 is 33.8. The lowest BCUT2D eigenvalue weighted by Crippen LogP contribution is -2.14. The van der Waals surface area contributed by atoms with E-state index in [4.69, 9.17) is 4.42 Å². The van der Waals surface area contributed by atoms with Crippen LogP contribution in [0.1, 0.15) is 22.1 Å². The van der Waals surface area contributed by atoms with Crippen LogP contribution >= 0.6 is 0 Å². The Morgan fingerprint density at radius 1 is 1.17 bits per heavy atom. The molecule has 30 heavy (non-hydrogen) atoms. The van der Waals surface area contributed by atoms with Crippen LogP contribution in [-0.4, -0.2) is 26.1 Å². The third-order valence-corrected chi connectivity index (χ3v) is 4.92. The van der Waals surface area contributed by atoms with Crippen LogP contribution in [0.2, 0.25) is 0 Å². The van der Waals surface area contributed by atoms with Crippen molar-refractivity contribution in [2.24, 2.45) is 0 Å². The molecule has 1 amide bonds. The van der Waals surface area contributed by atoms with Crippen molar-refractivity contribution in [1.29, 1.82) is 0 Å². The Bertz CT molecular complexity index is 1450. The monoisotopic (exact) mass is 407 g/mol. The van der Waals surface area contributed by atoms with Gasteiger partial charge in [0.1, 0.15) is 11.6 Å². The smallest absolute Gasteiger partial charge is 0.277 e. The zero-order chi connectivity index (χ0) is 21.0. The van der Waals surface area contributed by atoms with E-state index in [0.29, 0.717) is 33.8 Å². The van der Waals surface area contributed by atoms with Gasteiger partial charge in [0.2, 0.25) is 5.95 Å². The van der Waals surface area contributed by atoms with E-state index < -0.39 is 17.7 Å². The standard InChI is InChI=1S/C21H15F2N5O2/c1-9-19(25-10(2)30-9)21(29)26-16-5-11(6-17-18(16)20(23)28-27-17)14-7-12(22)8-15-13(14)3-4-24-15/h3-8,24H,1-2H3,(H,26,29)(H,27,28). The average Bonchev–Trinajstić information content (AvgIpc) is 3.39. The van der Waals surface area contributed by atoms with Crippen molar-refractivity contribution in [3.05, 3.63) is 65.6 Å². The molecule has 0 aliphatic heterocycles. The number of carbonyl (C=O) groups excluding carboxylic acids is 1. The first-order chi connectivity index (χ1) is 14.4. The first kappa shape index (κ1) is 18.0. The van der Waals surface area contributed by atoms with Crippen LogP contribution in [0.15, 0.2) is 40.9 Å². The topological polar surface area (TPSA) is 99.6 Å². The summed E-state index contributed by atoms with van der Waals surface area (Å²) >= 11 is 0. The number of nitrogens with one attached hydrogen (secondary N) is 3. The van der Waals surface area contributed by atoms with Crippen molar-refractivity contribution in [3.63, 3.8) is 0 Å². The van der Waals surface area contributed by atoms with E-state index in [-0.39, 0.29) is 16.8 Å². The number of hydrogen-bond donors (Lipinski definition) is 3. The number of aryl methyl sites for hydroxylation is 2. The molecule has 7 nitrogen and oxygen atoms in total. The number of benzene rings is 2. The van der Waals surface area contributed by atoms with Crippen molar-refractivity contribution < 1.29 is 18.0 Å². The first-order valence-corrected chi connectivity index (χ1v) is 9.10. The molecule has 5 rings (SSSR count). The first-order valence-electron chi connectivity index (χ1n) is 9.10. The molecule has 3 heterocycles. The van der Waals surface area contributed by atoms with Crippen LogP contribution in [-0.2, 0) is 0 Å². The minimum atomic E-state index is -0.689. The number of rotatable bonds is 3. The number of H-pyrrole nitrogens is 2. The predicted octanol–water partition coefficient (Wildman–Crippen LogP) is 4.85. The van der Waals surface area contributed by atoms with E-state index >= 15 is 0 Å². The number of aromatic amines is 2. The quantitative estimate of drug-likeness (QED) is 0.398. The van der Waals surface area contributed by atoms with E-state index in [0.717, 1.165) is 5.39 Å². The molecule has 150 valence electrons. The number of halogens is 2. The predicted molar refractivity (Wildman–Crippen MR) is 107 cm³/mol. The second-order valence-electron chi connectivity index (χ2n) is 6.94. The van der Waals surface area contributed by atoms with Crippen LogP contribution in [0, 0.1) is 25.6 Å². The van der Waals surface area contributed by atoms with Crippen LogP contribution in [0.4, 0.5) is 14.5 Å². The number of amides is 1. The Morgan fingerprint density at radius 3 is 2.77 bits per heavy atom. The number of nitrogens with zero attached hydrogens (tertiary/aromatic N) is 2. The maximum absolute atomic E-state index is 14.4. The Balaban J connectivity index is 1.68. The van der Waals surface area contributed by atoms with Crippen LogP contribution in [0.25, 0.3) is 32.9 Å². The average molecular weight is 407 g/mol. The summed E-state index contributed by atoms with van der Waals surface area (Å²) in [5.41, 5.74) is 2.36. The van der Waals surface area contributed by atoms with E-state index in [9.17, 15) is 13.6 Å². The molecule has 3 N–H and O–H groups in total. The molecular weight excluding hydrogens is 392 g/mol. The third kappa shape index (κ3) is 2.83. The van der Waals surface area contributed by atoms with Crippen molar-refractivity contribution in [2.75, 3.05) is 5.32 Å². The van der Waals surface area contributed by atoms with Gasteiger partial charge in [0, 0.05) is 24.0 Å². The number of anilines is 1. The van der Waals surface area contributed by atoms with Crippen molar-refractivity contribution in [3.8, 4) is 11.1 Å². The molecule has 0 spiro atoms. The normalized spacial score (nSPS) is 11.5. The Morgan fingerprint density at radius 2 is 2.00 bits per heavy atom. The minimum absolute atomic E-state index is 0.105. The largest absolute Gasteiger partial charge is 0.445 e. The molecule has 0 saturated heterocycles. The van der Waals surface area contributed by atoms with Crippen molar-refractivity contribution in [2.45, 2.75) is 13.8 Å². The molecule has 2 aromatic carbocycles. The number of aromatic nitrogens is 4. The Kier molecular flexibility index (Phi) is 3.92. The van der Waals surface area contributed by atoms with Gasteiger partial charge in [-0.3, -0.25) is 9.89 Å². The highest BCUT2D eigenvalue weighted by Crippen LogP contribution is 2.35. The Labute approximate surface area is 168 Å². The van der Waals surface area contributed by atoms with Gasteiger partial charge < -0.3 is 14.7 Å². The lowest BCUT2D eigenvalue weighted by atomic mass is 9.99. The van der Waals surface area contributed by atoms with Gasteiger partial charge in [-0.05, 0) is 48.4 Å². The molecule has 5 aromatic rings. The highest BCUT2D eigenvalue weighted by Gasteiger charge is 2.20. The van der Waals surface area contributed by atoms with Gasteiger partial charge in [0.15, 0.2) is 11.6 Å².